The summed E-state index contributed by atoms with van der Waals surface area (Å²) in [6, 6.07) is 5.46. The van der Waals surface area contributed by atoms with Crippen molar-refractivity contribution in [1.82, 2.24) is 15.5 Å². The van der Waals surface area contributed by atoms with E-state index in [1.807, 2.05) is 24.8 Å². The molecule has 0 spiro atoms. The maximum absolute atomic E-state index is 12.6. The third-order valence-electron chi connectivity index (χ3n) is 4.39. The summed E-state index contributed by atoms with van der Waals surface area (Å²) in [5, 5.41) is 20.7. The molecular weight excluding hydrogens is 306 g/mol. The molecule has 1 N–H and O–H groups in total. The molecule has 1 unspecified atom stereocenters. The number of rotatable bonds is 4. The number of aromatic nitrogens is 2. The second kappa shape index (κ2) is 6.71. The van der Waals surface area contributed by atoms with Gasteiger partial charge in [-0.25, -0.2) is 0 Å². The Labute approximate surface area is 140 Å². The second-order valence-corrected chi connectivity index (χ2v) is 5.87. The highest BCUT2D eigenvalue weighted by molar-refractivity contribution is 5.86. The molecule has 0 aliphatic carbocycles. The number of hydrogen-bond acceptors (Lipinski definition) is 6. The van der Waals surface area contributed by atoms with E-state index in [9.17, 15) is 10.1 Å². The van der Waals surface area contributed by atoms with Gasteiger partial charge in [-0.15, -0.1) is 5.10 Å². The van der Waals surface area contributed by atoms with Crippen molar-refractivity contribution in [3.63, 3.8) is 0 Å². The molecule has 0 bridgehead atoms. The van der Waals surface area contributed by atoms with Gasteiger partial charge in [0.1, 0.15) is 23.4 Å². The van der Waals surface area contributed by atoms with Crippen molar-refractivity contribution in [2.75, 3.05) is 11.4 Å². The average Bonchev–Trinajstić information content (AvgIpc) is 3.26. The van der Waals surface area contributed by atoms with Crippen LogP contribution in [0.2, 0.25) is 0 Å². The van der Waals surface area contributed by atoms with E-state index in [1.54, 1.807) is 12.3 Å². The summed E-state index contributed by atoms with van der Waals surface area (Å²) in [6.45, 7) is 4.71. The third kappa shape index (κ3) is 2.95. The SMILES string of the molecule is Cc1nnc(N2CCCC2C(=O)NCc2ccco2)c(C#N)c1C. The monoisotopic (exact) mass is 325 g/mol. The van der Waals surface area contributed by atoms with Crippen molar-refractivity contribution < 1.29 is 9.21 Å². The highest BCUT2D eigenvalue weighted by Gasteiger charge is 2.33. The zero-order valence-corrected chi connectivity index (χ0v) is 13.7. The topological polar surface area (TPSA) is 95.1 Å². The van der Waals surface area contributed by atoms with Gasteiger partial charge in [0.25, 0.3) is 0 Å². The lowest BCUT2D eigenvalue weighted by Crippen LogP contribution is -2.43. The number of amides is 1. The molecule has 1 aliphatic rings. The summed E-state index contributed by atoms with van der Waals surface area (Å²) in [4.78, 5) is 14.4. The van der Waals surface area contributed by atoms with E-state index in [0.717, 1.165) is 24.1 Å². The minimum Gasteiger partial charge on any atom is -0.467 e. The van der Waals surface area contributed by atoms with E-state index in [2.05, 4.69) is 21.6 Å². The molecule has 124 valence electrons. The standard InChI is InChI=1S/C17H19N5O2/c1-11-12(2)20-21-16(14(11)9-18)22-7-3-6-15(22)17(23)19-10-13-5-4-8-24-13/h4-5,8,15H,3,6-7,10H2,1-2H3,(H,19,23). The molecule has 2 aromatic heterocycles. The maximum atomic E-state index is 12.6. The molecule has 1 amide bonds. The van der Waals surface area contributed by atoms with Gasteiger partial charge in [-0.1, -0.05) is 0 Å². The first-order valence-corrected chi connectivity index (χ1v) is 7.92. The Morgan fingerprint density at radius 3 is 3.04 bits per heavy atom. The highest BCUT2D eigenvalue weighted by Crippen LogP contribution is 2.28. The van der Waals surface area contributed by atoms with E-state index in [0.29, 0.717) is 30.2 Å². The molecule has 3 rings (SSSR count). The van der Waals surface area contributed by atoms with E-state index >= 15 is 0 Å². The molecule has 0 saturated carbocycles. The number of nitriles is 1. The molecular formula is C17H19N5O2. The van der Waals surface area contributed by atoms with E-state index in [4.69, 9.17) is 4.42 Å². The zero-order valence-electron chi connectivity index (χ0n) is 13.7. The molecule has 7 heteroatoms. The highest BCUT2D eigenvalue weighted by atomic mass is 16.3. The Morgan fingerprint density at radius 1 is 1.50 bits per heavy atom. The van der Waals surface area contributed by atoms with Gasteiger partial charge in [0.15, 0.2) is 5.82 Å². The van der Waals surface area contributed by atoms with Gasteiger partial charge in [-0.05, 0) is 44.4 Å². The minimum atomic E-state index is -0.344. The molecule has 2 aromatic rings. The fraction of sp³-hybridized carbons (Fsp3) is 0.412. The van der Waals surface area contributed by atoms with Crippen molar-refractivity contribution in [2.45, 2.75) is 39.3 Å². The number of furan rings is 1. The zero-order chi connectivity index (χ0) is 17.1. The maximum Gasteiger partial charge on any atom is 0.243 e. The fourth-order valence-electron chi connectivity index (χ4n) is 2.93. The Bertz CT molecular complexity index is 779. The van der Waals surface area contributed by atoms with Crippen LogP contribution in [0.1, 0.15) is 35.4 Å². The van der Waals surface area contributed by atoms with Gasteiger partial charge in [0.2, 0.25) is 5.91 Å². The minimum absolute atomic E-state index is 0.0900. The van der Waals surface area contributed by atoms with Gasteiger partial charge in [0.05, 0.1) is 18.5 Å². The molecule has 1 atom stereocenters. The van der Waals surface area contributed by atoms with Gasteiger partial charge in [0, 0.05) is 6.54 Å². The first-order valence-electron chi connectivity index (χ1n) is 7.92. The molecule has 1 saturated heterocycles. The first-order chi connectivity index (χ1) is 11.6. The van der Waals surface area contributed by atoms with Crippen LogP contribution in [0.25, 0.3) is 0 Å². The summed E-state index contributed by atoms with van der Waals surface area (Å²) >= 11 is 0. The number of anilines is 1. The van der Waals surface area contributed by atoms with Crippen LogP contribution in [-0.2, 0) is 11.3 Å². The number of carbonyl (C=O) groups is 1. The predicted molar refractivity (Wildman–Crippen MR) is 87.1 cm³/mol. The van der Waals surface area contributed by atoms with Gasteiger partial charge in [-0.3, -0.25) is 4.79 Å². The van der Waals surface area contributed by atoms with Crippen molar-refractivity contribution in [3.8, 4) is 6.07 Å². The number of carbonyl (C=O) groups excluding carboxylic acids is 1. The summed E-state index contributed by atoms with van der Waals surface area (Å²) in [7, 11) is 0. The number of nitrogens with zero attached hydrogens (tertiary/aromatic N) is 4. The number of nitrogens with one attached hydrogen (secondary N) is 1. The van der Waals surface area contributed by atoms with E-state index < -0.39 is 0 Å². The quantitative estimate of drug-likeness (QED) is 0.921. The van der Waals surface area contributed by atoms with Crippen LogP contribution in [-0.4, -0.2) is 28.7 Å². The van der Waals surface area contributed by atoms with E-state index in [1.165, 1.54) is 0 Å². The van der Waals surface area contributed by atoms with Gasteiger partial charge >= 0.3 is 0 Å². The summed E-state index contributed by atoms with van der Waals surface area (Å²) in [6.07, 6.45) is 3.18. The Morgan fingerprint density at radius 2 is 2.33 bits per heavy atom. The van der Waals surface area contributed by atoms with Crippen LogP contribution in [0.5, 0.6) is 0 Å². The lowest BCUT2D eigenvalue weighted by atomic mass is 10.1. The molecule has 3 heterocycles. The van der Waals surface area contributed by atoms with Crippen LogP contribution >= 0.6 is 0 Å². The van der Waals surface area contributed by atoms with Crippen LogP contribution in [0.3, 0.4) is 0 Å². The fourth-order valence-corrected chi connectivity index (χ4v) is 2.93. The smallest absolute Gasteiger partial charge is 0.243 e. The Hall–Kier alpha value is -2.88. The Kier molecular flexibility index (Phi) is 4.47. The predicted octanol–water partition coefficient (Wildman–Crippen LogP) is 1.84. The van der Waals surface area contributed by atoms with E-state index in [-0.39, 0.29) is 11.9 Å². The molecule has 0 aromatic carbocycles. The van der Waals surface area contributed by atoms with Crippen LogP contribution in [0.15, 0.2) is 22.8 Å². The van der Waals surface area contributed by atoms with Crippen molar-refractivity contribution >= 4 is 11.7 Å². The number of hydrogen-bond donors (Lipinski definition) is 1. The average molecular weight is 325 g/mol. The third-order valence-corrected chi connectivity index (χ3v) is 4.39. The van der Waals surface area contributed by atoms with Crippen molar-refractivity contribution in [2.24, 2.45) is 0 Å². The lowest BCUT2D eigenvalue weighted by Gasteiger charge is -2.25. The Balaban J connectivity index is 1.79. The van der Waals surface area contributed by atoms with Crippen LogP contribution < -0.4 is 10.2 Å². The molecule has 0 radical (unpaired) electrons. The molecule has 1 aliphatic heterocycles. The van der Waals surface area contributed by atoms with Gasteiger partial charge < -0.3 is 14.6 Å². The molecule has 1 fully saturated rings. The summed E-state index contributed by atoms with van der Waals surface area (Å²) in [5.74, 6) is 1.11. The van der Waals surface area contributed by atoms with Crippen LogP contribution in [0, 0.1) is 25.2 Å². The van der Waals surface area contributed by atoms with Crippen molar-refractivity contribution in [1.29, 1.82) is 5.26 Å². The number of aryl methyl sites for hydroxylation is 1. The normalized spacial score (nSPS) is 16.9. The van der Waals surface area contributed by atoms with Gasteiger partial charge in [-0.2, -0.15) is 10.4 Å². The lowest BCUT2D eigenvalue weighted by molar-refractivity contribution is -0.122. The van der Waals surface area contributed by atoms with Crippen LogP contribution in [0.4, 0.5) is 5.82 Å². The largest absolute Gasteiger partial charge is 0.467 e. The van der Waals surface area contributed by atoms with Crippen molar-refractivity contribution in [3.05, 3.63) is 41.0 Å². The second-order valence-electron chi connectivity index (χ2n) is 5.87. The summed E-state index contributed by atoms with van der Waals surface area (Å²) in [5.41, 5.74) is 2.03. The summed E-state index contributed by atoms with van der Waals surface area (Å²) < 4.78 is 5.23. The first kappa shape index (κ1) is 16.0. The molecule has 24 heavy (non-hydrogen) atoms. The molecule has 7 nitrogen and oxygen atoms in total.